The van der Waals surface area contributed by atoms with E-state index in [4.69, 9.17) is 51.1 Å². The molecule has 0 aromatic heterocycles. The first kappa shape index (κ1) is 53.1. The topological polar surface area (TPSA) is 375 Å². The Morgan fingerprint density at radius 3 is 1.23 bits per heavy atom. The van der Waals surface area contributed by atoms with E-state index in [1.165, 1.54) is 30.3 Å². The average molecular weight is 807 g/mol. The van der Waals surface area contributed by atoms with Gasteiger partial charge in [-0.25, -0.2) is 0 Å². The Morgan fingerprint density at radius 2 is 0.877 bits per heavy atom. The van der Waals surface area contributed by atoms with Crippen molar-refractivity contribution in [3.8, 4) is 57.5 Å². The molecule has 5 aromatic rings. The number of rotatable bonds is 4. The number of nitro groups is 4. The molecule has 57 heavy (non-hydrogen) atoms. The van der Waals surface area contributed by atoms with E-state index < -0.39 is 65.5 Å². The predicted molar refractivity (Wildman–Crippen MR) is 205 cm³/mol. The molecule has 5 aromatic carbocycles. The van der Waals surface area contributed by atoms with Crippen molar-refractivity contribution in [1.82, 2.24) is 0 Å². The average Bonchev–Trinajstić information content (AvgIpc) is 3.05. The third-order valence-corrected chi connectivity index (χ3v) is 6.11. The van der Waals surface area contributed by atoms with Gasteiger partial charge in [0.1, 0.15) is 5.75 Å². The highest BCUT2D eigenvalue weighted by atomic mass is 16.6. The maximum absolute atomic E-state index is 10.3. The van der Waals surface area contributed by atoms with Crippen LogP contribution in [0.25, 0.3) is 0 Å². The standard InChI is InChI=1S/C7H7NO3.C7H8O2.C6H4N2O6.C6H5NO5.C6H6O2.3CH4/c1-5-3-2-4-6(9)7(5)8(10)11;1-5-2-3-6(8)7(9)4-5;9-5-2-3(7(11)12)1-4(6(5)10)8(13)14;8-3-1-4(9)6(7(11)12)5(10)2-3;7-5-3-1-2-4-6(5)8;;;/h2-4,9H,1H3;2-4,8-9H,1H3;1-2,9-10H;1-2,8-10H;1-4,7-8H;3*1H4. The van der Waals surface area contributed by atoms with Gasteiger partial charge in [-0.05, 0) is 49.7 Å². The number of phenolic OH excluding ortho intramolecular Hbond substituents is 10. The Balaban J connectivity index is -0.000000638. The van der Waals surface area contributed by atoms with Crippen LogP contribution in [0, 0.1) is 54.3 Å². The number of phenols is 10. The van der Waals surface area contributed by atoms with Gasteiger partial charge in [-0.1, -0.05) is 52.6 Å². The number of nitro benzene ring substituents is 4. The lowest BCUT2D eigenvalue weighted by molar-refractivity contribution is -0.394. The highest BCUT2D eigenvalue weighted by molar-refractivity contribution is 5.61. The minimum Gasteiger partial charge on any atom is -0.508 e. The Labute approximate surface area is 323 Å². The molecule has 0 bridgehead atoms. The van der Waals surface area contributed by atoms with Crippen LogP contribution in [0.2, 0.25) is 0 Å². The third kappa shape index (κ3) is 16.5. The molecule has 0 atom stereocenters. The SMILES string of the molecule is C.C.C.Cc1ccc(O)c(O)c1.Cc1cccc(O)c1[N+](=O)[O-].O=[N+]([O-])c1c(O)cc(O)cc1O.O=[N+]([O-])c1cc(O)c(O)c([N+](=O)[O-])c1.Oc1ccccc1O. The molecule has 0 unspecified atom stereocenters. The fourth-order valence-corrected chi connectivity index (χ4v) is 3.59. The van der Waals surface area contributed by atoms with E-state index >= 15 is 0 Å². The summed E-state index contributed by atoms with van der Waals surface area (Å²) in [6.07, 6.45) is 0. The summed E-state index contributed by atoms with van der Waals surface area (Å²) >= 11 is 0. The van der Waals surface area contributed by atoms with E-state index in [2.05, 4.69) is 0 Å². The van der Waals surface area contributed by atoms with Crippen molar-refractivity contribution in [1.29, 1.82) is 0 Å². The van der Waals surface area contributed by atoms with E-state index in [1.54, 1.807) is 37.3 Å². The van der Waals surface area contributed by atoms with Crippen molar-refractivity contribution < 1.29 is 70.8 Å². The van der Waals surface area contributed by atoms with Gasteiger partial charge in [-0.15, -0.1) is 0 Å². The molecule has 0 spiro atoms. The van der Waals surface area contributed by atoms with Crippen molar-refractivity contribution >= 4 is 22.7 Å². The summed E-state index contributed by atoms with van der Waals surface area (Å²) in [5.41, 5.74) is -1.19. The molecular formula is C35H42N4O18. The summed E-state index contributed by atoms with van der Waals surface area (Å²) in [6.45, 7) is 3.43. The first-order valence-corrected chi connectivity index (χ1v) is 14.2. The van der Waals surface area contributed by atoms with Crippen molar-refractivity contribution in [3.63, 3.8) is 0 Å². The second-order valence-electron chi connectivity index (χ2n) is 10.1. The number of non-ortho nitro benzene ring substituents is 1. The molecule has 22 heteroatoms. The summed E-state index contributed by atoms with van der Waals surface area (Å²) < 4.78 is 0. The number of nitrogens with zero attached hydrogens (tertiary/aromatic N) is 4. The molecule has 0 aliphatic carbocycles. The van der Waals surface area contributed by atoms with Crippen LogP contribution in [0.3, 0.4) is 0 Å². The number of hydrogen-bond donors (Lipinski definition) is 10. The number of aromatic hydroxyl groups is 10. The van der Waals surface area contributed by atoms with Crippen molar-refractivity contribution in [2.45, 2.75) is 36.1 Å². The molecule has 22 nitrogen and oxygen atoms in total. The van der Waals surface area contributed by atoms with Crippen LogP contribution in [0.15, 0.2) is 84.9 Å². The van der Waals surface area contributed by atoms with Gasteiger partial charge in [0.25, 0.3) is 5.69 Å². The first-order chi connectivity index (χ1) is 25.1. The van der Waals surface area contributed by atoms with Crippen LogP contribution in [0.1, 0.15) is 33.4 Å². The molecule has 0 saturated carbocycles. The van der Waals surface area contributed by atoms with E-state index in [1.807, 2.05) is 6.92 Å². The minimum absolute atomic E-state index is 0. The Morgan fingerprint density at radius 1 is 0.421 bits per heavy atom. The van der Waals surface area contributed by atoms with Crippen molar-refractivity contribution in [3.05, 3.63) is 137 Å². The minimum atomic E-state index is -1.03. The second-order valence-corrected chi connectivity index (χ2v) is 10.1. The van der Waals surface area contributed by atoms with Crippen LogP contribution in [0.5, 0.6) is 57.5 Å². The molecule has 10 N–H and O–H groups in total. The number of hydrogen-bond acceptors (Lipinski definition) is 18. The fraction of sp³-hybridized carbons (Fsp3) is 0.143. The van der Waals surface area contributed by atoms with Crippen molar-refractivity contribution in [2.24, 2.45) is 0 Å². The zero-order valence-electron chi connectivity index (χ0n) is 27.6. The molecule has 0 heterocycles. The van der Waals surface area contributed by atoms with Crippen LogP contribution >= 0.6 is 0 Å². The first-order valence-electron chi connectivity index (χ1n) is 14.2. The number of aryl methyl sites for hydroxylation is 2. The fourth-order valence-electron chi connectivity index (χ4n) is 3.59. The van der Waals surface area contributed by atoms with Gasteiger partial charge in [-0.2, -0.15) is 0 Å². The quantitative estimate of drug-likeness (QED) is 0.0473. The van der Waals surface area contributed by atoms with E-state index in [0.717, 1.165) is 17.7 Å². The third-order valence-electron chi connectivity index (χ3n) is 6.11. The molecule has 0 fully saturated rings. The second kappa shape index (κ2) is 24.1. The van der Waals surface area contributed by atoms with Gasteiger partial charge in [0.05, 0.1) is 31.8 Å². The lowest BCUT2D eigenvalue weighted by Gasteiger charge is -1.98. The highest BCUT2D eigenvalue weighted by Gasteiger charge is 2.23. The number of para-hydroxylation sites is 3. The van der Waals surface area contributed by atoms with Crippen LogP contribution < -0.4 is 0 Å². The van der Waals surface area contributed by atoms with Gasteiger partial charge >= 0.3 is 17.1 Å². The van der Waals surface area contributed by atoms with Crippen LogP contribution in [0.4, 0.5) is 22.7 Å². The molecule has 5 rings (SSSR count). The molecule has 0 aliphatic heterocycles. The summed E-state index contributed by atoms with van der Waals surface area (Å²) in [5.74, 6) is -4.41. The molecule has 0 saturated heterocycles. The van der Waals surface area contributed by atoms with E-state index in [0.29, 0.717) is 17.7 Å². The Bertz CT molecular complexity index is 2080. The zero-order valence-corrected chi connectivity index (χ0v) is 27.6. The van der Waals surface area contributed by atoms with Crippen LogP contribution in [-0.2, 0) is 0 Å². The lowest BCUT2D eigenvalue weighted by atomic mass is 10.2. The molecule has 310 valence electrons. The summed E-state index contributed by atoms with van der Waals surface area (Å²) in [7, 11) is 0. The molecule has 0 radical (unpaired) electrons. The maximum atomic E-state index is 10.3. The van der Waals surface area contributed by atoms with Crippen molar-refractivity contribution in [2.75, 3.05) is 0 Å². The Kier molecular flexibility index (Phi) is 22.4. The normalized spacial score (nSPS) is 9.02. The largest absolute Gasteiger partial charge is 0.508 e. The van der Waals surface area contributed by atoms with Gasteiger partial charge in [0.15, 0.2) is 34.5 Å². The van der Waals surface area contributed by atoms with Gasteiger partial charge in [-0.3, -0.25) is 40.5 Å². The van der Waals surface area contributed by atoms with Gasteiger partial charge in [0.2, 0.25) is 17.2 Å². The highest BCUT2D eigenvalue weighted by Crippen LogP contribution is 2.39. The van der Waals surface area contributed by atoms with E-state index in [-0.39, 0.29) is 56.7 Å². The predicted octanol–water partition coefficient (Wildman–Crippen LogP) is 7.65. The molecule has 0 amide bonds. The summed E-state index contributed by atoms with van der Waals surface area (Å²) in [6, 6.07) is 18.0. The van der Waals surface area contributed by atoms with Gasteiger partial charge in [0, 0.05) is 17.7 Å². The Hall–Kier alpha value is -8.30. The molecular weight excluding hydrogens is 764 g/mol. The van der Waals surface area contributed by atoms with Crippen LogP contribution in [-0.4, -0.2) is 70.8 Å². The summed E-state index contributed by atoms with van der Waals surface area (Å²) in [4.78, 5) is 37.5. The summed E-state index contributed by atoms with van der Waals surface area (Å²) in [5, 5.41) is 129. The monoisotopic (exact) mass is 806 g/mol. The number of benzene rings is 5. The smallest absolute Gasteiger partial charge is 0.352 e. The van der Waals surface area contributed by atoms with E-state index in [9.17, 15) is 40.5 Å². The molecule has 0 aliphatic rings. The maximum Gasteiger partial charge on any atom is 0.352 e. The van der Waals surface area contributed by atoms with Gasteiger partial charge < -0.3 is 51.1 Å². The zero-order chi connectivity index (χ0) is 41.4. The lowest BCUT2D eigenvalue weighted by Crippen LogP contribution is -1.93.